The number of hydrogen-bond donors (Lipinski definition) is 0. The predicted octanol–water partition coefficient (Wildman–Crippen LogP) is 3.85. The summed E-state index contributed by atoms with van der Waals surface area (Å²) in [7, 11) is 0. The molecule has 62 valence electrons. The molecule has 0 nitrogen and oxygen atoms in total. The third kappa shape index (κ3) is 2.82. The van der Waals surface area contributed by atoms with E-state index in [0.29, 0.717) is 10.4 Å². The van der Waals surface area contributed by atoms with Crippen LogP contribution in [0.1, 0.15) is 5.56 Å². The molecule has 3 heteroatoms. The molecule has 0 heterocycles. The maximum absolute atomic E-state index is 5.81. The fourth-order valence-electron chi connectivity index (χ4n) is 0.709. The smallest absolute Gasteiger partial charge is 0.0649 e. The van der Waals surface area contributed by atoms with Crippen LogP contribution in [0.4, 0.5) is 0 Å². The Morgan fingerprint density at radius 3 is 2.75 bits per heavy atom. The van der Waals surface area contributed by atoms with E-state index >= 15 is 0 Å². The van der Waals surface area contributed by atoms with Crippen LogP contribution < -0.4 is 0 Å². The predicted molar refractivity (Wildman–Crippen MR) is 59.8 cm³/mol. The molecule has 12 heavy (non-hydrogen) atoms. The summed E-state index contributed by atoms with van der Waals surface area (Å²) in [6.45, 7) is 0. The van der Waals surface area contributed by atoms with E-state index in [9.17, 15) is 0 Å². The van der Waals surface area contributed by atoms with Gasteiger partial charge in [0.15, 0.2) is 0 Å². The molecule has 0 aliphatic carbocycles. The zero-order valence-corrected chi connectivity index (χ0v) is 10.0. The Labute approximate surface area is 93.6 Å². The van der Waals surface area contributed by atoms with Crippen molar-refractivity contribution in [1.29, 1.82) is 0 Å². The second-order valence-corrected chi connectivity index (χ2v) is 3.89. The summed E-state index contributed by atoms with van der Waals surface area (Å²) in [6.07, 6.45) is 0. The summed E-state index contributed by atoms with van der Waals surface area (Å²) in [4.78, 5) is 0. The van der Waals surface area contributed by atoms with Crippen molar-refractivity contribution < 1.29 is 0 Å². The molecule has 0 amide bonds. The van der Waals surface area contributed by atoms with Crippen molar-refractivity contribution in [2.75, 3.05) is 5.33 Å². The molecule has 0 saturated heterocycles. The van der Waals surface area contributed by atoms with Crippen molar-refractivity contribution >= 4 is 43.5 Å². The molecule has 0 radical (unpaired) electrons. The van der Waals surface area contributed by atoms with Crippen molar-refractivity contribution in [2.45, 2.75) is 0 Å². The lowest BCUT2D eigenvalue weighted by Gasteiger charge is -1.94. The van der Waals surface area contributed by atoms with Gasteiger partial charge < -0.3 is 0 Å². The summed E-state index contributed by atoms with van der Waals surface area (Å²) in [5, 5.41) is 1.40. The molecular weight excluding hydrogens is 303 g/mol. The zero-order chi connectivity index (χ0) is 8.97. The van der Waals surface area contributed by atoms with Crippen LogP contribution in [-0.4, -0.2) is 5.33 Å². The lowest BCUT2D eigenvalue weighted by Crippen LogP contribution is -1.75. The van der Waals surface area contributed by atoms with Gasteiger partial charge in [-0.25, -0.2) is 0 Å². The molecule has 1 aromatic carbocycles. The molecule has 0 atom stereocenters. The minimum Gasteiger partial charge on any atom is -0.0863 e. The van der Waals surface area contributed by atoms with Gasteiger partial charge in [-0.15, -0.1) is 0 Å². The van der Waals surface area contributed by atoms with E-state index in [1.165, 1.54) is 0 Å². The summed E-state index contributed by atoms with van der Waals surface area (Å²) >= 11 is 12.4. The van der Waals surface area contributed by atoms with E-state index in [1.54, 1.807) is 0 Å². The maximum Gasteiger partial charge on any atom is 0.0649 e. The molecular formula is C9H5Br2Cl. The minimum absolute atomic E-state index is 0.688. The average molecular weight is 308 g/mol. The molecule has 0 saturated carbocycles. The Morgan fingerprint density at radius 1 is 1.42 bits per heavy atom. The average Bonchev–Trinajstić information content (AvgIpc) is 2.07. The van der Waals surface area contributed by atoms with Crippen LogP contribution in [0.5, 0.6) is 0 Å². The Kier molecular flexibility index (Phi) is 4.14. The molecule has 0 aromatic heterocycles. The molecule has 1 aromatic rings. The van der Waals surface area contributed by atoms with Crippen LogP contribution >= 0.6 is 43.5 Å². The van der Waals surface area contributed by atoms with Crippen LogP contribution in [0.3, 0.4) is 0 Å². The molecule has 0 spiro atoms. The quantitative estimate of drug-likeness (QED) is 0.504. The molecule has 0 bridgehead atoms. The molecule has 0 N–H and O–H groups in total. The van der Waals surface area contributed by atoms with Crippen molar-refractivity contribution in [1.82, 2.24) is 0 Å². The number of hydrogen-bond acceptors (Lipinski definition) is 0. The van der Waals surface area contributed by atoms with E-state index in [2.05, 4.69) is 43.7 Å². The van der Waals surface area contributed by atoms with Gasteiger partial charge in [0.25, 0.3) is 0 Å². The van der Waals surface area contributed by atoms with Crippen LogP contribution in [0.2, 0.25) is 5.02 Å². The minimum atomic E-state index is 0.688. The second-order valence-electron chi connectivity index (χ2n) is 2.06. The van der Waals surface area contributed by atoms with E-state index in [0.717, 1.165) is 10.0 Å². The molecule has 0 aliphatic heterocycles. The van der Waals surface area contributed by atoms with Gasteiger partial charge >= 0.3 is 0 Å². The van der Waals surface area contributed by atoms with E-state index in [1.807, 2.05) is 18.2 Å². The van der Waals surface area contributed by atoms with Crippen molar-refractivity contribution in [3.63, 3.8) is 0 Å². The molecule has 0 unspecified atom stereocenters. The van der Waals surface area contributed by atoms with Gasteiger partial charge in [-0.1, -0.05) is 39.4 Å². The van der Waals surface area contributed by atoms with E-state index in [-0.39, 0.29) is 0 Å². The Hall–Kier alpha value is 0.0300. The standard InChI is InChI=1S/C9H5Br2Cl/c10-5-1-2-7-3-4-9(12)8(11)6-7/h3-4,6H,5H2. The Balaban J connectivity index is 2.97. The van der Waals surface area contributed by atoms with Crippen molar-refractivity contribution in [2.24, 2.45) is 0 Å². The van der Waals surface area contributed by atoms with Crippen molar-refractivity contribution in [3.05, 3.63) is 33.3 Å². The topological polar surface area (TPSA) is 0 Å². The van der Waals surface area contributed by atoms with Crippen LogP contribution in [0.15, 0.2) is 22.7 Å². The second kappa shape index (κ2) is 4.91. The SMILES string of the molecule is Clc1ccc(C#CCBr)cc1Br. The summed E-state index contributed by atoms with van der Waals surface area (Å²) in [5.41, 5.74) is 0.964. The fraction of sp³-hybridized carbons (Fsp3) is 0.111. The number of benzene rings is 1. The first-order chi connectivity index (χ1) is 5.74. The van der Waals surface area contributed by atoms with Gasteiger partial charge in [-0.3, -0.25) is 0 Å². The zero-order valence-electron chi connectivity index (χ0n) is 6.07. The number of rotatable bonds is 0. The highest BCUT2D eigenvalue weighted by Gasteiger charge is 1.95. The van der Waals surface area contributed by atoms with E-state index in [4.69, 9.17) is 11.6 Å². The van der Waals surface area contributed by atoms with Gasteiger partial charge in [0.2, 0.25) is 0 Å². The number of halogens is 3. The molecule has 0 aliphatic rings. The lowest BCUT2D eigenvalue weighted by molar-refractivity contribution is 1.60. The number of alkyl halides is 1. The normalized spacial score (nSPS) is 8.92. The largest absolute Gasteiger partial charge is 0.0863 e. The molecule has 1 rings (SSSR count). The Morgan fingerprint density at radius 2 is 2.17 bits per heavy atom. The van der Waals surface area contributed by atoms with Gasteiger partial charge in [0.1, 0.15) is 0 Å². The van der Waals surface area contributed by atoms with Gasteiger partial charge in [-0.05, 0) is 34.1 Å². The molecule has 0 fully saturated rings. The Bertz CT molecular complexity index is 336. The van der Waals surface area contributed by atoms with Gasteiger partial charge in [-0.2, -0.15) is 0 Å². The maximum atomic E-state index is 5.81. The van der Waals surface area contributed by atoms with Gasteiger partial charge in [0.05, 0.1) is 10.4 Å². The third-order valence-corrected chi connectivity index (χ3v) is 2.71. The van der Waals surface area contributed by atoms with Gasteiger partial charge in [0, 0.05) is 10.0 Å². The van der Waals surface area contributed by atoms with Crippen molar-refractivity contribution in [3.8, 4) is 11.8 Å². The first-order valence-electron chi connectivity index (χ1n) is 3.24. The fourth-order valence-corrected chi connectivity index (χ4v) is 1.35. The summed E-state index contributed by atoms with van der Waals surface area (Å²) in [6, 6.07) is 5.62. The monoisotopic (exact) mass is 306 g/mol. The highest BCUT2D eigenvalue weighted by atomic mass is 79.9. The highest BCUT2D eigenvalue weighted by Crippen LogP contribution is 2.22. The highest BCUT2D eigenvalue weighted by molar-refractivity contribution is 9.10. The first-order valence-corrected chi connectivity index (χ1v) is 5.53. The van der Waals surface area contributed by atoms with Crippen LogP contribution in [0.25, 0.3) is 0 Å². The third-order valence-electron chi connectivity index (χ3n) is 1.22. The van der Waals surface area contributed by atoms with Crippen LogP contribution in [0, 0.1) is 11.8 Å². The summed E-state index contributed by atoms with van der Waals surface area (Å²) in [5.74, 6) is 5.89. The first kappa shape index (κ1) is 10.1. The summed E-state index contributed by atoms with van der Waals surface area (Å²) < 4.78 is 0.880. The van der Waals surface area contributed by atoms with E-state index < -0.39 is 0 Å². The lowest BCUT2D eigenvalue weighted by atomic mass is 10.2. The van der Waals surface area contributed by atoms with Crippen LogP contribution in [-0.2, 0) is 0 Å².